The molecule has 0 fully saturated rings. The molecule has 0 saturated heterocycles. The Morgan fingerprint density at radius 2 is 2.19 bits per heavy atom. The second kappa shape index (κ2) is 5.69. The highest BCUT2D eigenvalue weighted by Crippen LogP contribution is 2.04. The van der Waals surface area contributed by atoms with Gasteiger partial charge in [-0.25, -0.2) is 4.98 Å². The summed E-state index contributed by atoms with van der Waals surface area (Å²) in [4.78, 5) is 8.36. The predicted molar refractivity (Wildman–Crippen MR) is 64.8 cm³/mol. The van der Waals surface area contributed by atoms with Crippen LogP contribution in [0, 0.1) is 0 Å². The van der Waals surface area contributed by atoms with Gasteiger partial charge in [0.2, 0.25) is 0 Å². The molecule has 16 heavy (non-hydrogen) atoms. The lowest BCUT2D eigenvalue weighted by atomic mass is 10.2. The SMILES string of the molecule is NCc1cc(CNCc2nccs2)ccn1. The Morgan fingerprint density at radius 3 is 2.94 bits per heavy atom. The topological polar surface area (TPSA) is 63.8 Å². The molecule has 2 aromatic rings. The van der Waals surface area contributed by atoms with Crippen LogP contribution in [0.25, 0.3) is 0 Å². The van der Waals surface area contributed by atoms with Crippen molar-refractivity contribution in [2.45, 2.75) is 19.6 Å². The van der Waals surface area contributed by atoms with Crippen LogP contribution >= 0.6 is 11.3 Å². The minimum Gasteiger partial charge on any atom is -0.325 e. The van der Waals surface area contributed by atoms with Gasteiger partial charge in [0.25, 0.3) is 0 Å². The van der Waals surface area contributed by atoms with E-state index in [1.54, 1.807) is 17.5 Å². The molecule has 0 atom stereocenters. The summed E-state index contributed by atoms with van der Waals surface area (Å²) in [5.41, 5.74) is 7.66. The molecule has 0 bridgehead atoms. The molecule has 0 unspecified atom stereocenters. The maximum absolute atomic E-state index is 5.53. The van der Waals surface area contributed by atoms with Crippen LogP contribution in [0.3, 0.4) is 0 Å². The van der Waals surface area contributed by atoms with Crippen LogP contribution in [0.4, 0.5) is 0 Å². The van der Waals surface area contributed by atoms with Crippen molar-refractivity contribution in [1.82, 2.24) is 15.3 Å². The zero-order valence-electron chi connectivity index (χ0n) is 8.89. The second-order valence-electron chi connectivity index (χ2n) is 3.39. The quantitative estimate of drug-likeness (QED) is 0.818. The number of aromatic nitrogens is 2. The third kappa shape index (κ3) is 3.10. The summed E-state index contributed by atoms with van der Waals surface area (Å²) in [7, 11) is 0. The van der Waals surface area contributed by atoms with E-state index in [0.29, 0.717) is 6.54 Å². The first-order valence-corrected chi connectivity index (χ1v) is 5.99. The summed E-state index contributed by atoms with van der Waals surface area (Å²) in [5.74, 6) is 0. The van der Waals surface area contributed by atoms with Gasteiger partial charge in [0.1, 0.15) is 5.01 Å². The highest BCUT2D eigenvalue weighted by atomic mass is 32.1. The van der Waals surface area contributed by atoms with Crippen LogP contribution in [0.5, 0.6) is 0 Å². The Balaban J connectivity index is 1.85. The molecule has 2 rings (SSSR count). The Labute approximate surface area is 98.6 Å². The van der Waals surface area contributed by atoms with Gasteiger partial charge < -0.3 is 11.1 Å². The highest BCUT2D eigenvalue weighted by Gasteiger charge is 1.97. The van der Waals surface area contributed by atoms with Crippen molar-refractivity contribution >= 4 is 11.3 Å². The van der Waals surface area contributed by atoms with Crippen molar-refractivity contribution in [1.29, 1.82) is 0 Å². The Morgan fingerprint density at radius 1 is 1.25 bits per heavy atom. The summed E-state index contributed by atoms with van der Waals surface area (Å²) < 4.78 is 0. The van der Waals surface area contributed by atoms with E-state index < -0.39 is 0 Å². The number of thiazole rings is 1. The lowest BCUT2D eigenvalue weighted by molar-refractivity contribution is 0.688. The first-order chi connectivity index (χ1) is 7.88. The zero-order chi connectivity index (χ0) is 11.2. The fraction of sp³-hybridized carbons (Fsp3) is 0.273. The Hall–Kier alpha value is -1.30. The first kappa shape index (κ1) is 11.2. The number of pyridine rings is 1. The number of rotatable bonds is 5. The lowest BCUT2D eigenvalue weighted by Crippen LogP contribution is -2.13. The van der Waals surface area contributed by atoms with E-state index in [2.05, 4.69) is 15.3 Å². The van der Waals surface area contributed by atoms with E-state index in [1.165, 1.54) is 5.56 Å². The van der Waals surface area contributed by atoms with E-state index >= 15 is 0 Å². The van der Waals surface area contributed by atoms with Crippen molar-refractivity contribution in [2.75, 3.05) is 0 Å². The van der Waals surface area contributed by atoms with Gasteiger partial charge >= 0.3 is 0 Å². The zero-order valence-corrected chi connectivity index (χ0v) is 9.70. The molecule has 2 heterocycles. The minimum absolute atomic E-state index is 0.486. The van der Waals surface area contributed by atoms with Crippen molar-refractivity contribution in [3.8, 4) is 0 Å². The molecular weight excluding hydrogens is 220 g/mol. The molecule has 0 amide bonds. The monoisotopic (exact) mass is 234 g/mol. The van der Waals surface area contributed by atoms with Crippen LogP contribution in [0.15, 0.2) is 29.9 Å². The molecule has 2 aromatic heterocycles. The molecule has 0 aliphatic carbocycles. The lowest BCUT2D eigenvalue weighted by Gasteiger charge is -2.04. The van der Waals surface area contributed by atoms with Crippen LogP contribution in [0.1, 0.15) is 16.3 Å². The molecule has 5 heteroatoms. The molecule has 0 aliphatic heterocycles. The fourth-order valence-electron chi connectivity index (χ4n) is 1.40. The average Bonchev–Trinajstić information content (AvgIpc) is 2.82. The molecule has 0 spiro atoms. The number of nitrogens with zero attached hydrogens (tertiary/aromatic N) is 2. The third-order valence-corrected chi connectivity index (χ3v) is 2.96. The maximum atomic E-state index is 5.53. The van der Waals surface area contributed by atoms with Crippen molar-refractivity contribution < 1.29 is 0 Å². The molecule has 0 saturated carbocycles. The largest absolute Gasteiger partial charge is 0.325 e. The van der Waals surface area contributed by atoms with Crippen molar-refractivity contribution in [2.24, 2.45) is 5.73 Å². The highest BCUT2D eigenvalue weighted by molar-refractivity contribution is 7.09. The van der Waals surface area contributed by atoms with Gasteiger partial charge in [0.05, 0.1) is 5.69 Å². The molecular formula is C11H14N4S. The van der Waals surface area contributed by atoms with Gasteiger partial charge in [-0.1, -0.05) is 0 Å². The van der Waals surface area contributed by atoms with E-state index in [0.717, 1.165) is 23.8 Å². The Bertz CT molecular complexity index is 427. The number of nitrogens with one attached hydrogen (secondary N) is 1. The standard InChI is InChI=1S/C11H14N4S/c12-6-10-5-9(1-2-14-10)7-13-8-11-15-3-4-16-11/h1-5,13H,6-8,12H2. The van der Waals surface area contributed by atoms with E-state index in [1.807, 2.05) is 23.7 Å². The molecule has 0 aromatic carbocycles. The average molecular weight is 234 g/mol. The van der Waals surface area contributed by atoms with Crippen LogP contribution < -0.4 is 11.1 Å². The van der Waals surface area contributed by atoms with Crippen molar-refractivity contribution in [3.63, 3.8) is 0 Å². The van der Waals surface area contributed by atoms with Crippen LogP contribution in [0.2, 0.25) is 0 Å². The molecule has 0 radical (unpaired) electrons. The van der Waals surface area contributed by atoms with Gasteiger partial charge in [0, 0.05) is 37.4 Å². The predicted octanol–water partition coefficient (Wildman–Crippen LogP) is 1.29. The molecule has 3 N–H and O–H groups in total. The first-order valence-electron chi connectivity index (χ1n) is 5.11. The number of hydrogen-bond acceptors (Lipinski definition) is 5. The summed E-state index contributed by atoms with van der Waals surface area (Å²) in [6.07, 6.45) is 3.61. The molecule has 0 aliphatic rings. The van der Waals surface area contributed by atoms with E-state index in [4.69, 9.17) is 5.73 Å². The summed E-state index contributed by atoms with van der Waals surface area (Å²) in [6, 6.07) is 4.02. The third-order valence-electron chi connectivity index (χ3n) is 2.18. The van der Waals surface area contributed by atoms with Crippen molar-refractivity contribution in [3.05, 3.63) is 46.2 Å². The van der Waals surface area contributed by atoms with Gasteiger partial charge in [0.15, 0.2) is 0 Å². The minimum atomic E-state index is 0.486. The smallest absolute Gasteiger partial charge is 0.106 e. The normalized spacial score (nSPS) is 10.6. The molecule has 4 nitrogen and oxygen atoms in total. The van der Waals surface area contributed by atoms with Gasteiger partial charge in [-0.2, -0.15) is 0 Å². The fourth-order valence-corrected chi connectivity index (χ4v) is 1.99. The number of hydrogen-bond donors (Lipinski definition) is 2. The maximum Gasteiger partial charge on any atom is 0.106 e. The summed E-state index contributed by atoms with van der Waals surface area (Å²) >= 11 is 1.66. The Kier molecular flexibility index (Phi) is 3.98. The second-order valence-corrected chi connectivity index (χ2v) is 4.37. The molecule has 84 valence electrons. The number of nitrogens with two attached hydrogens (primary N) is 1. The van der Waals surface area contributed by atoms with Crippen LogP contribution in [-0.2, 0) is 19.6 Å². The van der Waals surface area contributed by atoms with E-state index in [9.17, 15) is 0 Å². The van der Waals surface area contributed by atoms with E-state index in [-0.39, 0.29) is 0 Å². The van der Waals surface area contributed by atoms with Gasteiger partial charge in [-0.3, -0.25) is 4.98 Å². The summed E-state index contributed by atoms with van der Waals surface area (Å²) in [5, 5.41) is 6.42. The van der Waals surface area contributed by atoms with Gasteiger partial charge in [-0.15, -0.1) is 11.3 Å². The summed E-state index contributed by atoms with van der Waals surface area (Å²) in [6.45, 7) is 2.10. The van der Waals surface area contributed by atoms with Crippen LogP contribution in [-0.4, -0.2) is 9.97 Å². The van der Waals surface area contributed by atoms with Gasteiger partial charge in [-0.05, 0) is 17.7 Å².